The molecule has 12 aromatic rings. The summed E-state index contributed by atoms with van der Waals surface area (Å²) in [5.74, 6) is 0. The Morgan fingerprint density at radius 2 is 0.179 bits per heavy atom. The van der Waals surface area contributed by atoms with Gasteiger partial charge in [0.15, 0.2) is 0 Å². The maximum atomic E-state index is 4.92. The van der Waals surface area contributed by atoms with Crippen LogP contribution in [0.3, 0.4) is 0 Å². The summed E-state index contributed by atoms with van der Waals surface area (Å²) in [6.07, 6.45) is 0. The van der Waals surface area contributed by atoms with Crippen LogP contribution in [0.25, 0.3) is 0 Å². The standard InChI is InChI=1S/12C3H3N3S3.9Pb/c12*7-1-4-2(8)6-3(9)5-1;;;;;;;;;/h12*(H3,4,5,6,7,8,9);;;;;;;;;/q;;;;;;;;;;;;9*+4/p-36. The Labute approximate surface area is 780 Å². The minimum atomic E-state index is -3.26. The van der Waals surface area contributed by atoms with Gasteiger partial charge in [-0.2, -0.15) is 0 Å². The second-order valence-corrected chi connectivity index (χ2v) is 479. The topological polar surface area (TPSA) is 464 Å². The Morgan fingerprint density at radius 3 is 0.265 bits per heavy atom. The van der Waals surface area contributed by atoms with E-state index in [-0.39, 0.29) is 0 Å². The van der Waals surface area contributed by atoms with Crippen LogP contribution >= 0.6 is 299 Å². The van der Waals surface area contributed by atoms with Crippen molar-refractivity contribution in [3.8, 4) is 0 Å². The predicted octanol–water partition coefficient (Wildman–Crippen LogP) is 15.1. The Morgan fingerprint density at radius 1 is 0.103 bits per heavy atom. The van der Waals surface area contributed by atoms with Crippen molar-refractivity contribution in [1.82, 2.24) is 179 Å². The van der Waals surface area contributed by atoms with E-state index in [1.54, 1.807) is 0 Å². The fourth-order valence-electron chi connectivity index (χ4n) is 10.6. The number of rotatable bonds is 12. The predicted molar refractivity (Wildman–Crippen MR) is 501 cm³/mol. The molecule has 0 amide bonds. The van der Waals surface area contributed by atoms with Crippen molar-refractivity contribution in [3.63, 3.8) is 0 Å². The molecule has 576 valence electrons. The molecule has 0 aromatic carbocycles. The van der Waals surface area contributed by atoms with Gasteiger partial charge < -0.3 is 0 Å². The van der Waals surface area contributed by atoms with E-state index in [2.05, 4.69) is 89.7 Å². The van der Waals surface area contributed by atoms with E-state index in [1.807, 2.05) is 299 Å². The van der Waals surface area contributed by atoms with Crippen LogP contribution in [0.2, 0.25) is 0 Å². The van der Waals surface area contributed by atoms with Crippen LogP contribution in [0.1, 0.15) is 0 Å². The normalized spacial score (nSPS) is 22.2. The number of hydrogen-bond donors (Lipinski definition) is 0. The van der Waals surface area contributed by atoms with Gasteiger partial charge in [-0.3, -0.25) is 0 Å². The first-order valence-corrected chi connectivity index (χ1v) is 232. The summed E-state index contributed by atoms with van der Waals surface area (Å²) in [7, 11) is 66.7. The van der Waals surface area contributed by atoms with Crippen molar-refractivity contribution in [2.45, 2.75) is 186 Å². The summed E-state index contributed by atoms with van der Waals surface area (Å²) < 4.78 is 0. The quantitative estimate of drug-likeness (QED) is 0.103. The van der Waals surface area contributed by atoms with Crippen molar-refractivity contribution >= 4 is 436 Å². The Balaban J connectivity index is 0.0000000917. The van der Waals surface area contributed by atoms with E-state index in [4.69, 9.17) is 89.7 Å². The van der Waals surface area contributed by atoms with Gasteiger partial charge in [0.2, 0.25) is 0 Å². The SMILES string of the molecule is n1c2nc3nc1[S][Pb]([S]c1nc4nc(n1)[S][Pb]1([S]4)[S]c4nc([S][Pb]56[S]c7nc(nc(n7)[S]5)[S]6)nc(n4)[S]1)([S]2)[S]3.n1c2nc3nc1[S][Pb]([S]c1nc4nc(n1)[S][Pb]1([S]4)[S]c4nc([S][Pb]56[S]c7nc(nc(n7)[S]5)[S]6)nc(n4)[S]1)([S]2)[S]3.n1c2nc3nc1[S][Pb]([S]c1nc4nc(n1)[S][Pb]1([S]4)[S]c4nc([S][Pb]56[S]c7nc(nc(n7)[S]5)[S]6)nc(n4)[S]1)([S]2)[S]3. The third-order valence-electron chi connectivity index (χ3n) is 14.7. The van der Waals surface area contributed by atoms with Crippen molar-refractivity contribution in [3.05, 3.63) is 0 Å². The molecule has 0 N–H and O–H groups in total. The van der Waals surface area contributed by atoms with Crippen molar-refractivity contribution < 1.29 is 0 Å². The van der Waals surface area contributed by atoms with Gasteiger partial charge >= 0.3 is 801 Å². The molecule has 0 fully saturated rings. The van der Waals surface area contributed by atoms with E-state index in [0.29, 0.717) is 0 Å². The first-order valence-electron chi connectivity index (χ1n) is 30.8. The first kappa shape index (κ1) is 84.1. The molecular weight excluding hydrogens is 3960 g/mol. The van der Waals surface area contributed by atoms with E-state index >= 15 is 0 Å². The first-order chi connectivity index (χ1) is 56.8. The molecule has 36 heterocycles. The van der Waals surface area contributed by atoms with Gasteiger partial charge in [-0.05, 0) is 0 Å². The summed E-state index contributed by atoms with van der Waals surface area (Å²) in [4.78, 5) is 168. The molecule has 0 saturated carbocycles. The van der Waals surface area contributed by atoms with Gasteiger partial charge in [0.1, 0.15) is 0 Å². The monoisotopic (exact) mass is 3960 g/mol. The van der Waals surface area contributed by atoms with Gasteiger partial charge in [-0.25, -0.2) is 0 Å². The number of fused-ring (bicyclic) bond motifs is 12. The third-order valence-corrected chi connectivity index (χ3v) is 455. The summed E-state index contributed by atoms with van der Waals surface area (Å²) in [5.41, 5.74) is 0. The van der Waals surface area contributed by atoms with Crippen LogP contribution < -0.4 is 0 Å². The van der Waals surface area contributed by atoms with Gasteiger partial charge in [0.25, 0.3) is 0 Å². The summed E-state index contributed by atoms with van der Waals surface area (Å²) in [6.45, 7) is 0. The van der Waals surface area contributed by atoms with Crippen molar-refractivity contribution in [2.75, 3.05) is 0 Å². The van der Waals surface area contributed by atoms with Crippen LogP contribution in [0, 0.1) is 0 Å². The summed E-state index contributed by atoms with van der Waals surface area (Å²) in [6, 6.07) is 0. The molecule has 0 radical (unpaired) electrons. The van der Waals surface area contributed by atoms with Crippen LogP contribution in [0.5, 0.6) is 0 Å². The minimum absolute atomic E-state index is 0.823. The van der Waals surface area contributed by atoms with Gasteiger partial charge in [-0.15, -0.1) is 0 Å². The van der Waals surface area contributed by atoms with E-state index in [9.17, 15) is 0 Å². The van der Waals surface area contributed by atoms with Crippen molar-refractivity contribution in [1.29, 1.82) is 0 Å². The van der Waals surface area contributed by atoms with Crippen molar-refractivity contribution in [2.24, 2.45) is 0 Å². The molecule has 36 nitrogen and oxygen atoms in total. The van der Waals surface area contributed by atoms with Crippen LogP contribution in [-0.2, 0) is 0 Å². The molecule has 12 aromatic heterocycles. The zero-order valence-electron chi connectivity index (χ0n) is 53.3. The maximum absolute atomic E-state index is 4.92. The van der Waals surface area contributed by atoms with Gasteiger partial charge in [0, 0.05) is 0 Å². The zero-order chi connectivity index (χ0) is 76.2. The second kappa shape index (κ2) is 32.6. The third kappa shape index (κ3) is 17.1. The van der Waals surface area contributed by atoms with E-state index in [0.717, 1.165) is 186 Å². The number of nitrogens with zero attached hydrogens (tertiary/aromatic N) is 36. The Hall–Kier alpha value is 9.02. The summed E-state index contributed by atoms with van der Waals surface area (Å²) in [5, 5.41) is 30.4. The molecule has 0 atom stereocenters. The van der Waals surface area contributed by atoms with Gasteiger partial charge in [0.05, 0.1) is 0 Å². The average molecular weight is 3960 g/mol. The van der Waals surface area contributed by atoms with E-state index < -0.39 is 136 Å². The van der Waals surface area contributed by atoms with Crippen LogP contribution in [0.15, 0.2) is 186 Å². The second-order valence-electron chi connectivity index (χ2n) is 22.4. The average Bonchev–Trinajstić information content (AvgIpc) is 0.961. The molecule has 0 aliphatic carbocycles. The van der Waals surface area contributed by atoms with E-state index in [1.165, 1.54) is 0 Å². The zero-order valence-corrected chi connectivity index (χ0v) is 118. The fourth-order valence-corrected chi connectivity index (χ4v) is 462. The van der Waals surface area contributed by atoms with Crippen LogP contribution in [-0.4, -0.2) is 316 Å². The molecule has 36 rings (SSSR count). The molecule has 81 heteroatoms. The molecule has 3 spiro atoms. The summed E-state index contributed by atoms with van der Waals surface area (Å²) >= 11 is -27.9. The number of hydrogen-bond acceptors (Lipinski definition) is 72. The molecule has 117 heavy (non-hydrogen) atoms. The Kier molecular flexibility index (Phi) is 23.4. The molecular formula is C36N36Pb9S36. The molecule has 0 unspecified atom stereocenters. The molecule has 24 aliphatic rings. The fraction of sp³-hybridized carbons (Fsp3) is 0. The number of aromatic nitrogens is 36. The molecule has 24 aliphatic heterocycles. The van der Waals surface area contributed by atoms with Crippen LogP contribution in [0.4, 0.5) is 0 Å². The Bertz CT molecular complexity index is 5110. The van der Waals surface area contributed by atoms with Gasteiger partial charge in [-0.1, -0.05) is 0 Å². The molecule has 0 saturated heterocycles. The molecule has 36 bridgehead atoms.